The maximum Gasteiger partial charge on any atom is 0.0539 e. The number of hydrogen-bond acceptors (Lipinski definition) is 3. The highest BCUT2D eigenvalue weighted by atomic mass is 35.5. The molecular weight excluding hydrogens is 294 g/mol. The largest absolute Gasteiger partial charge is 0.381 e. The Hall–Kier alpha value is -1.33. The summed E-state index contributed by atoms with van der Waals surface area (Å²) < 4.78 is 13.2. The minimum Gasteiger partial charge on any atom is -0.381 e. The molecule has 1 atom stereocenters. The summed E-state index contributed by atoms with van der Waals surface area (Å²) in [6, 6.07) is 5.71. The van der Waals surface area contributed by atoms with Gasteiger partial charge in [0.2, 0.25) is 0 Å². The lowest BCUT2D eigenvalue weighted by Gasteiger charge is -2.08. The summed E-state index contributed by atoms with van der Waals surface area (Å²) in [6.07, 6.45) is 5.55. The van der Waals surface area contributed by atoms with E-state index in [9.17, 15) is 4.21 Å². The molecule has 1 aromatic carbocycles. The first-order chi connectivity index (χ1) is 9.58. The molecule has 1 heterocycles. The van der Waals surface area contributed by atoms with Crippen molar-refractivity contribution >= 4 is 28.1 Å². The fraction of sp³-hybridized carbons (Fsp3) is 0.357. The minimum atomic E-state index is -0.898. The van der Waals surface area contributed by atoms with Crippen LogP contribution in [0.5, 0.6) is 0 Å². The van der Waals surface area contributed by atoms with Crippen molar-refractivity contribution in [2.45, 2.75) is 25.8 Å². The molecule has 0 unspecified atom stereocenters. The molecule has 0 spiro atoms. The molecule has 0 aliphatic rings. The van der Waals surface area contributed by atoms with Gasteiger partial charge in [-0.3, -0.25) is 8.89 Å². The Bertz CT molecular complexity index is 612. The quantitative estimate of drug-likeness (QED) is 0.892. The van der Waals surface area contributed by atoms with E-state index in [4.69, 9.17) is 11.6 Å². The normalized spacial score (nSPS) is 12.3. The molecule has 0 aliphatic heterocycles. The van der Waals surface area contributed by atoms with E-state index in [-0.39, 0.29) is 0 Å². The Kier molecular flexibility index (Phi) is 5.20. The van der Waals surface area contributed by atoms with Crippen LogP contribution in [-0.4, -0.2) is 20.2 Å². The maximum absolute atomic E-state index is 11.3. The van der Waals surface area contributed by atoms with Crippen LogP contribution in [0.25, 0.3) is 0 Å². The van der Waals surface area contributed by atoms with E-state index in [1.807, 2.05) is 35.3 Å². The molecule has 2 rings (SSSR count). The van der Waals surface area contributed by atoms with Gasteiger partial charge in [-0.25, -0.2) is 0 Å². The van der Waals surface area contributed by atoms with Crippen LogP contribution in [0, 0.1) is 0 Å². The van der Waals surface area contributed by atoms with Gasteiger partial charge in [0.05, 0.1) is 6.20 Å². The number of benzene rings is 1. The van der Waals surface area contributed by atoms with Crippen LogP contribution in [-0.2, 0) is 29.6 Å². The molecule has 4 nitrogen and oxygen atoms in total. The third-order valence-electron chi connectivity index (χ3n) is 2.91. The average Bonchev–Trinajstić information content (AvgIpc) is 2.87. The van der Waals surface area contributed by atoms with E-state index < -0.39 is 10.8 Å². The Morgan fingerprint density at radius 2 is 2.25 bits per heavy atom. The van der Waals surface area contributed by atoms with E-state index >= 15 is 0 Å². The number of halogens is 1. The zero-order valence-electron chi connectivity index (χ0n) is 11.6. The predicted octanol–water partition coefficient (Wildman–Crippen LogP) is 3.05. The van der Waals surface area contributed by atoms with Crippen molar-refractivity contribution in [2.24, 2.45) is 0 Å². The SMILES string of the molecule is CCn1cc(CNc2ccc(Cl)c(C[S@](C)=O)c2)cn1. The maximum atomic E-state index is 11.3. The molecule has 1 N–H and O–H groups in total. The van der Waals surface area contributed by atoms with Gasteiger partial charge in [0, 0.05) is 58.4 Å². The van der Waals surface area contributed by atoms with E-state index in [1.165, 1.54) is 0 Å². The van der Waals surface area contributed by atoms with Gasteiger partial charge in [-0.15, -0.1) is 0 Å². The minimum absolute atomic E-state index is 0.474. The number of nitrogens with one attached hydrogen (secondary N) is 1. The van der Waals surface area contributed by atoms with Gasteiger partial charge in [0.1, 0.15) is 0 Å². The second-order valence-corrected chi connectivity index (χ2v) is 6.42. The van der Waals surface area contributed by atoms with E-state index in [0.717, 1.165) is 23.4 Å². The zero-order valence-corrected chi connectivity index (χ0v) is 13.2. The molecule has 0 saturated heterocycles. The van der Waals surface area contributed by atoms with Gasteiger partial charge in [0.15, 0.2) is 0 Å². The third kappa shape index (κ3) is 4.08. The fourth-order valence-electron chi connectivity index (χ4n) is 1.89. The molecular formula is C14H18ClN3OS. The Labute approximate surface area is 126 Å². The first-order valence-corrected chi connectivity index (χ1v) is 8.52. The van der Waals surface area contributed by atoms with Gasteiger partial charge in [-0.05, 0) is 30.7 Å². The van der Waals surface area contributed by atoms with Gasteiger partial charge < -0.3 is 5.32 Å². The molecule has 6 heteroatoms. The Morgan fingerprint density at radius 3 is 2.90 bits per heavy atom. The first kappa shape index (κ1) is 15.1. The van der Waals surface area contributed by atoms with Crippen molar-refractivity contribution in [3.05, 3.63) is 46.7 Å². The smallest absolute Gasteiger partial charge is 0.0539 e. The number of aromatic nitrogens is 2. The van der Waals surface area contributed by atoms with E-state index in [0.29, 0.717) is 17.3 Å². The Morgan fingerprint density at radius 1 is 1.45 bits per heavy atom. The first-order valence-electron chi connectivity index (χ1n) is 6.42. The average molecular weight is 312 g/mol. The predicted molar refractivity (Wildman–Crippen MR) is 84.5 cm³/mol. The second kappa shape index (κ2) is 6.90. The molecule has 0 fully saturated rings. The van der Waals surface area contributed by atoms with Gasteiger partial charge >= 0.3 is 0 Å². The fourth-order valence-corrected chi connectivity index (χ4v) is 2.83. The van der Waals surface area contributed by atoms with Crippen LogP contribution in [0.4, 0.5) is 5.69 Å². The molecule has 0 aliphatic carbocycles. The van der Waals surface area contributed by atoms with Crippen molar-refractivity contribution in [1.29, 1.82) is 0 Å². The van der Waals surface area contributed by atoms with Crippen LogP contribution < -0.4 is 5.32 Å². The Balaban J connectivity index is 2.03. The van der Waals surface area contributed by atoms with Crippen LogP contribution in [0.15, 0.2) is 30.6 Å². The summed E-state index contributed by atoms with van der Waals surface area (Å²) in [7, 11) is -0.898. The molecule has 2 aromatic rings. The highest BCUT2D eigenvalue weighted by Crippen LogP contribution is 2.22. The number of aryl methyl sites for hydroxylation is 1. The lowest BCUT2D eigenvalue weighted by atomic mass is 10.2. The standard InChI is InChI=1S/C14H18ClN3OS/c1-3-18-9-11(8-17-18)7-16-13-4-5-14(15)12(6-13)10-20(2)19/h4-6,8-9,16H,3,7,10H2,1-2H3/t20-/m0/s1. The molecule has 0 saturated carbocycles. The van der Waals surface area contributed by atoms with Crippen LogP contribution in [0.1, 0.15) is 18.1 Å². The number of nitrogens with zero attached hydrogens (tertiary/aromatic N) is 2. The molecule has 0 radical (unpaired) electrons. The summed E-state index contributed by atoms with van der Waals surface area (Å²) >= 11 is 6.10. The molecule has 108 valence electrons. The summed E-state index contributed by atoms with van der Waals surface area (Å²) in [5, 5.41) is 8.22. The van der Waals surface area contributed by atoms with Crippen LogP contribution >= 0.6 is 11.6 Å². The number of hydrogen-bond donors (Lipinski definition) is 1. The lowest BCUT2D eigenvalue weighted by Crippen LogP contribution is -2.00. The van der Waals surface area contributed by atoms with Gasteiger partial charge in [-0.2, -0.15) is 5.10 Å². The third-order valence-corrected chi connectivity index (χ3v) is 4.00. The summed E-state index contributed by atoms with van der Waals surface area (Å²) in [5.41, 5.74) is 3.00. The van der Waals surface area contributed by atoms with Gasteiger partial charge in [-0.1, -0.05) is 11.6 Å². The lowest BCUT2D eigenvalue weighted by molar-refractivity contribution is 0.659. The van der Waals surface area contributed by atoms with Crippen molar-refractivity contribution in [1.82, 2.24) is 9.78 Å². The monoisotopic (exact) mass is 311 g/mol. The van der Waals surface area contributed by atoms with Crippen molar-refractivity contribution in [3.63, 3.8) is 0 Å². The van der Waals surface area contributed by atoms with Crippen molar-refractivity contribution < 1.29 is 4.21 Å². The highest BCUT2D eigenvalue weighted by molar-refractivity contribution is 7.83. The molecule has 1 aromatic heterocycles. The van der Waals surface area contributed by atoms with Gasteiger partial charge in [0.25, 0.3) is 0 Å². The van der Waals surface area contributed by atoms with Crippen molar-refractivity contribution in [3.8, 4) is 0 Å². The van der Waals surface area contributed by atoms with E-state index in [2.05, 4.69) is 17.3 Å². The topological polar surface area (TPSA) is 46.9 Å². The molecule has 0 bridgehead atoms. The second-order valence-electron chi connectivity index (χ2n) is 4.58. The summed E-state index contributed by atoms with van der Waals surface area (Å²) in [6.45, 7) is 3.63. The zero-order chi connectivity index (χ0) is 14.5. The molecule has 20 heavy (non-hydrogen) atoms. The highest BCUT2D eigenvalue weighted by Gasteiger charge is 2.05. The summed E-state index contributed by atoms with van der Waals surface area (Å²) in [4.78, 5) is 0. The van der Waals surface area contributed by atoms with Crippen molar-refractivity contribution in [2.75, 3.05) is 11.6 Å². The van der Waals surface area contributed by atoms with Crippen LogP contribution in [0.2, 0.25) is 5.02 Å². The van der Waals surface area contributed by atoms with E-state index in [1.54, 1.807) is 6.26 Å². The number of anilines is 1. The molecule has 0 amide bonds. The number of rotatable bonds is 6. The summed E-state index contributed by atoms with van der Waals surface area (Å²) in [5.74, 6) is 0.474. The van der Waals surface area contributed by atoms with Crippen LogP contribution in [0.3, 0.4) is 0 Å².